The predicted octanol–water partition coefficient (Wildman–Crippen LogP) is 2.73. The van der Waals surface area contributed by atoms with Gasteiger partial charge in [0.05, 0.1) is 5.39 Å². The Morgan fingerprint density at radius 1 is 1.06 bits per heavy atom. The summed E-state index contributed by atoms with van der Waals surface area (Å²) in [6, 6.07) is 18.4. The average Bonchev–Trinajstić information content (AvgIpc) is 2.82. The third-order valence-electron chi connectivity index (χ3n) is 5.06. The van der Waals surface area contributed by atoms with Crippen LogP contribution in [-0.2, 0) is 0 Å². The summed E-state index contributed by atoms with van der Waals surface area (Å²) in [5.74, 6) is 0.167. The van der Waals surface area contributed by atoms with Crippen LogP contribution in [0.2, 0.25) is 0 Å². The van der Waals surface area contributed by atoms with Gasteiger partial charge in [-0.1, -0.05) is 24.3 Å². The summed E-state index contributed by atoms with van der Waals surface area (Å²) < 4.78 is 0.423. The quantitative estimate of drug-likeness (QED) is 0.376. The topological polar surface area (TPSA) is 112 Å². The van der Waals surface area contributed by atoms with Crippen molar-refractivity contribution in [3.63, 3.8) is 0 Å². The lowest BCUT2D eigenvalue weighted by molar-refractivity contribution is 0.0951. The first-order valence-corrected chi connectivity index (χ1v) is 10.4. The number of carbonyl (C=O) groups excluding carboxylic acids is 1. The summed E-state index contributed by atoms with van der Waals surface area (Å²) in [4.78, 5) is 34.5. The number of pyridine rings is 1. The van der Waals surface area contributed by atoms with E-state index >= 15 is 0 Å². The van der Waals surface area contributed by atoms with Crippen LogP contribution >= 0.6 is 0 Å². The van der Waals surface area contributed by atoms with E-state index in [1.807, 2.05) is 61.5 Å². The minimum atomic E-state index is -0.826. The number of anilines is 2. The standard InChI is InChI=1S/C24H24N6O3/c1-29(2)13-12-26-23(31)18-8-3-6-16(14-18)17-7-4-9-19(15-17)27-21-20-10-5-11-25-22(20)30(33)24(32)28-21/h3-11,14-15,33H,12-13H2,1-2H3,(H,26,31)(H,27,28,32). The van der Waals surface area contributed by atoms with E-state index in [0.717, 1.165) is 17.7 Å². The molecule has 168 valence electrons. The highest BCUT2D eigenvalue weighted by Gasteiger charge is 2.12. The molecule has 4 aromatic rings. The molecule has 0 unspecified atom stereocenters. The van der Waals surface area contributed by atoms with Crippen LogP contribution < -0.4 is 16.3 Å². The van der Waals surface area contributed by atoms with Crippen molar-refractivity contribution in [2.75, 3.05) is 32.5 Å². The second kappa shape index (κ2) is 9.49. The molecule has 0 saturated carbocycles. The van der Waals surface area contributed by atoms with Crippen LogP contribution in [0.25, 0.3) is 22.2 Å². The van der Waals surface area contributed by atoms with Gasteiger partial charge in [0, 0.05) is 30.5 Å². The lowest BCUT2D eigenvalue weighted by Gasteiger charge is -2.12. The number of aromatic nitrogens is 3. The largest absolute Gasteiger partial charge is 0.422 e. The molecule has 0 saturated heterocycles. The SMILES string of the molecule is CN(C)CCNC(=O)c1cccc(-c2cccc(Nc3nc(=O)n(O)c4ncccc34)c2)c1. The van der Waals surface area contributed by atoms with Crippen molar-refractivity contribution < 1.29 is 10.0 Å². The molecule has 2 heterocycles. The zero-order valence-corrected chi connectivity index (χ0v) is 18.3. The Morgan fingerprint density at radius 2 is 1.82 bits per heavy atom. The molecule has 2 aromatic heterocycles. The monoisotopic (exact) mass is 444 g/mol. The molecule has 0 aliphatic heterocycles. The molecular formula is C24H24N6O3. The van der Waals surface area contributed by atoms with Crippen LogP contribution in [0.5, 0.6) is 0 Å². The van der Waals surface area contributed by atoms with Crippen LogP contribution in [0, 0.1) is 0 Å². The fraction of sp³-hybridized carbons (Fsp3) is 0.167. The van der Waals surface area contributed by atoms with Gasteiger partial charge in [0.1, 0.15) is 5.82 Å². The highest BCUT2D eigenvalue weighted by atomic mass is 16.5. The lowest BCUT2D eigenvalue weighted by atomic mass is 10.0. The van der Waals surface area contributed by atoms with Crippen LogP contribution in [0.15, 0.2) is 71.7 Å². The second-order valence-electron chi connectivity index (χ2n) is 7.78. The molecule has 2 aromatic carbocycles. The van der Waals surface area contributed by atoms with E-state index in [-0.39, 0.29) is 11.6 Å². The second-order valence-corrected chi connectivity index (χ2v) is 7.78. The maximum atomic E-state index is 12.5. The van der Waals surface area contributed by atoms with Gasteiger partial charge in [-0.15, -0.1) is 4.73 Å². The van der Waals surface area contributed by atoms with Gasteiger partial charge in [-0.25, -0.2) is 9.78 Å². The molecule has 9 nitrogen and oxygen atoms in total. The molecular weight excluding hydrogens is 420 g/mol. The maximum absolute atomic E-state index is 12.5. The zero-order valence-electron chi connectivity index (χ0n) is 18.3. The van der Waals surface area contributed by atoms with E-state index in [0.29, 0.717) is 33.7 Å². The molecule has 1 amide bonds. The summed E-state index contributed by atoms with van der Waals surface area (Å²) in [5, 5.41) is 16.5. The first-order valence-electron chi connectivity index (χ1n) is 10.4. The van der Waals surface area contributed by atoms with Crippen molar-refractivity contribution in [2.24, 2.45) is 0 Å². The number of hydrogen-bond donors (Lipinski definition) is 3. The molecule has 9 heteroatoms. The summed E-state index contributed by atoms with van der Waals surface area (Å²) in [6.07, 6.45) is 1.49. The van der Waals surface area contributed by atoms with Gasteiger partial charge in [0.15, 0.2) is 5.65 Å². The molecule has 3 N–H and O–H groups in total. The van der Waals surface area contributed by atoms with E-state index in [9.17, 15) is 14.8 Å². The van der Waals surface area contributed by atoms with Crippen LogP contribution in [0.4, 0.5) is 11.5 Å². The minimum absolute atomic E-state index is 0.115. The lowest BCUT2D eigenvalue weighted by Crippen LogP contribution is -2.31. The van der Waals surface area contributed by atoms with Gasteiger partial charge in [0.2, 0.25) is 0 Å². The molecule has 0 bridgehead atoms. The fourth-order valence-corrected chi connectivity index (χ4v) is 3.39. The van der Waals surface area contributed by atoms with Crippen molar-refractivity contribution in [1.82, 2.24) is 24.9 Å². The number of benzene rings is 2. The van der Waals surface area contributed by atoms with E-state index in [1.165, 1.54) is 6.20 Å². The molecule has 0 fully saturated rings. The fourth-order valence-electron chi connectivity index (χ4n) is 3.39. The Hall–Kier alpha value is -4.24. The van der Waals surface area contributed by atoms with Gasteiger partial charge in [-0.3, -0.25) is 4.79 Å². The molecule has 0 aliphatic rings. The van der Waals surface area contributed by atoms with Crippen molar-refractivity contribution >= 4 is 28.4 Å². The molecule has 33 heavy (non-hydrogen) atoms. The first-order chi connectivity index (χ1) is 15.9. The summed E-state index contributed by atoms with van der Waals surface area (Å²) in [5.41, 5.74) is 2.33. The summed E-state index contributed by atoms with van der Waals surface area (Å²) >= 11 is 0. The van der Waals surface area contributed by atoms with Crippen molar-refractivity contribution in [3.8, 4) is 11.1 Å². The Balaban J connectivity index is 1.60. The van der Waals surface area contributed by atoms with Gasteiger partial charge >= 0.3 is 5.69 Å². The number of likely N-dealkylation sites (N-methyl/N-ethyl adjacent to an activating group) is 1. The van der Waals surface area contributed by atoms with Crippen molar-refractivity contribution in [1.29, 1.82) is 0 Å². The number of amides is 1. The third kappa shape index (κ3) is 4.99. The number of rotatable bonds is 7. The normalized spacial score (nSPS) is 11.0. The molecule has 0 atom stereocenters. The Bertz CT molecular complexity index is 1370. The van der Waals surface area contributed by atoms with E-state index in [1.54, 1.807) is 18.2 Å². The first kappa shape index (κ1) is 22.0. The Labute approximate surface area is 190 Å². The Kier molecular flexibility index (Phi) is 6.32. The number of fused-ring (bicyclic) bond motifs is 1. The van der Waals surface area contributed by atoms with Crippen LogP contribution in [0.1, 0.15) is 10.4 Å². The van der Waals surface area contributed by atoms with Gasteiger partial charge in [-0.2, -0.15) is 4.98 Å². The van der Waals surface area contributed by atoms with Crippen molar-refractivity contribution in [3.05, 3.63) is 82.9 Å². The highest BCUT2D eigenvalue weighted by molar-refractivity contribution is 5.95. The molecule has 0 radical (unpaired) electrons. The zero-order chi connectivity index (χ0) is 23.4. The van der Waals surface area contributed by atoms with E-state index in [4.69, 9.17) is 0 Å². The third-order valence-corrected chi connectivity index (χ3v) is 5.06. The van der Waals surface area contributed by atoms with E-state index in [2.05, 4.69) is 20.6 Å². The smallest absolute Gasteiger partial charge is 0.384 e. The number of nitrogens with one attached hydrogen (secondary N) is 2. The molecule has 4 rings (SSSR count). The van der Waals surface area contributed by atoms with Crippen LogP contribution in [-0.4, -0.2) is 57.9 Å². The maximum Gasteiger partial charge on any atom is 0.384 e. The minimum Gasteiger partial charge on any atom is -0.422 e. The Morgan fingerprint density at radius 3 is 2.61 bits per heavy atom. The van der Waals surface area contributed by atoms with Gasteiger partial charge in [-0.05, 0) is 61.6 Å². The van der Waals surface area contributed by atoms with Gasteiger partial charge in [0.25, 0.3) is 5.91 Å². The van der Waals surface area contributed by atoms with Crippen LogP contribution in [0.3, 0.4) is 0 Å². The van der Waals surface area contributed by atoms with Gasteiger partial charge < -0.3 is 20.7 Å². The van der Waals surface area contributed by atoms with Crippen molar-refractivity contribution in [2.45, 2.75) is 0 Å². The molecule has 0 spiro atoms. The number of nitrogens with zero attached hydrogens (tertiary/aromatic N) is 4. The average molecular weight is 444 g/mol. The number of hydrogen-bond acceptors (Lipinski definition) is 7. The summed E-state index contributed by atoms with van der Waals surface area (Å²) in [6.45, 7) is 1.33. The predicted molar refractivity (Wildman–Crippen MR) is 127 cm³/mol. The summed E-state index contributed by atoms with van der Waals surface area (Å²) in [7, 11) is 3.91. The highest BCUT2D eigenvalue weighted by Crippen LogP contribution is 2.27. The number of carbonyl (C=O) groups is 1. The van der Waals surface area contributed by atoms with E-state index < -0.39 is 5.69 Å². The molecule has 0 aliphatic carbocycles.